The minimum Gasteiger partial charge on any atom is -0.367 e. The number of hydrogen-bond donors (Lipinski definition) is 1. The van der Waals surface area contributed by atoms with Crippen molar-refractivity contribution in [1.29, 1.82) is 0 Å². The minimum absolute atomic E-state index is 0.00111. The summed E-state index contributed by atoms with van der Waals surface area (Å²) in [7, 11) is 0. The van der Waals surface area contributed by atoms with Crippen LogP contribution in [-0.4, -0.2) is 41.4 Å². The molecule has 0 aliphatic carbocycles. The van der Waals surface area contributed by atoms with Crippen molar-refractivity contribution < 1.29 is 14.3 Å². The van der Waals surface area contributed by atoms with Crippen molar-refractivity contribution in [3.63, 3.8) is 0 Å². The molecule has 0 aliphatic heterocycles. The van der Waals surface area contributed by atoms with Crippen molar-refractivity contribution in [1.82, 2.24) is 9.88 Å². The minimum atomic E-state index is -0.246. The number of aromatic nitrogens is 1. The number of benzene rings is 1. The Morgan fingerprint density at radius 2 is 2.00 bits per heavy atom. The summed E-state index contributed by atoms with van der Waals surface area (Å²) >= 11 is 1.37. The molecule has 7 heteroatoms. The molecule has 0 fully saturated rings. The molecule has 0 saturated carbocycles. The highest BCUT2D eigenvalue weighted by Gasteiger charge is 2.18. The number of nitrogens with zero attached hydrogens (tertiary/aromatic N) is 2. The Morgan fingerprint density at radius 3 is 2.63 bits per heavy atom. The first kappa shape index (κ1) is 21.1. The smallest absolute Gasteiger partial charge is 0.249 e. The molecule has 0 spiro atoms. The molecule has 1 heterocycles. The molecule has 1 aromatic carbocycles. The van der Waals surface area contributed by atoms with Crippen molar-refractivity contribution in [3.8, 4) is 0 Å². The molecule has 146 valence electrons. The molecule has 0 bridgehead atoms. The number of anilines is 1. The zero-order valence-electron chi connectivity index (χ0n) is 16.1. The molecule has 2 rings (SSSR count). The standard InChI is InChI=1S/C20H27N3O3S/c1-15(2)9-10-23(11-18(24)22-20-21-16(3)14-27-20)19(25)13-26-12-17-7-5-4-6-8-17/h4-8,14-15H,9-13H2,1-3H3,(H,21,22,24). The Balaban J connectivity index is 1.87. The number of nitrogens with one attached hydrogen (secondary N) is 1. The van der Waals surface area contributed by atoms with Crippen LogP contribution < -0.4 is 5.32 Å². The topological polar surface area (TPSA) is 71.5 Å². The van der Waals surface area contributed by atoms with Crippen LogP contribution >= 0.6 is 11.3 Å². The molecule has 27 heavy (non-hydrogen) atoms. The molecule has 6 nitrogen and oxygen atoms in total. The lowest BCUT2D eigenvalue weighted by atomic mass is 10.1. The molecule has 0 aliphatic rings. The summed E-state index contributed by atoms with van der Waals surface area (Å²) in [6.07, 6.45) is 0.827. The second-order valence-corrected chi connectivity index (χ2v) is 7.68. The average Bonchev–Trinajstić information content (AvgIpc) is 3.03. The normalized spacial score (nSPS) is 10.8. The summed E-state index contributed by atoms with van der Waals surface area (Å²) in [5.74, 6) is 0.0109. The van der Waals surface area contributed by atoms with E-state index >= 15 is 0 Å². The summed E-state index contributed by atoms with van der Waals surface area (Å²) in [5, 5.41) is 5.17. The third kappa shape index (κ3) is 7.88. The van der Waals surface area contributed by atoms with Gasteiger partial charge in [-0.2, -0.15) is 0 Å². The van der Waals surface area contributed by atoms with Crippen LogP contribution in [0.3, 0.4) is 0 Å². The van der Waals surface area contributed by atoms with Crippen LogP contribution in [0.25, 0.3) is 0 Å². The van der Waals surface area contributed by atoms with Gasteiger partial charge >= 0.3 is 0 Å². The van der Waals surface area contributed by atoms with Gasteiger partial charge in [0.1, 0.15) is 6.61 Å². The Kier molecular flexibility index (Phi) is 8.42. The third-order valence-electron chi connectivity index (χ3n) is 3.87. The van der Waals surface area contributed by atoms with Crippen LogP contribution in [0.2, 0.25) is 0 Å². The zero-order valence-corrected chi connectivity index (χ0v) is 16.9. The number of hydrogen-bond acceptors (Lipinski definition) is 5. The fourth-order valence-corrected chi connectivity index (χ4v) is 3.08. The molecule has 0 unspecified atom stereocenters. The monoisotopic (exact) mass is 389 g/mol. The predicted molar refractivity (Wildman–Crippen MR) is 108 cm³/mol. The van der Waals surface area contributed by atoms with E-state index in [9.17, 15) is 9.59 Å². The quantitative estimate of drug-likeness (QED) is 0.675. The lowest BCUT2D eigenvalue weighted by Crippen LogP contribution is -2.41. The number of carbonyl (C=O) groups excluding carboxylic acids is 2. The lowest BCUT2D eigenvalue weighted by Gasteiger charge is -2.23. The van der Waals surface area contributed by atoms with Crippen molar-refractivity contribution >= 4 is 28.3 Å². The molecular weight excluding hydrogens is 362 g/mol. The highest BCUT2D eigenvalue weighted by Crippen LogP contribution is 2.14. The summed E-state index contributed by atoms with van der Waals surface area (Å²) in [5.41, 5.74) is 1.87. The largest absolute Gasteiger partial charge is 0.367 e. The number of carbonyl (C=O) groups is 2. The maximum absolute atomic E-state index is 12.5. The zero-order chi connectivity index (χ0) is 19.6. The van der Waals surface area contributed by atoms with E-state index in [4.69, 9.17) is 4.74 Å². The van der Waals surface area contributed by atoms with Crippen LogP contribution in [0.1, 0.15) is 31.5 Å². The summed E-state index contributed by atoms with van der Waals surface area (Å²) < 4.78 is 5.54. The Morgan fingerprint density at radius 1 is 1.26 bits per heavy atom. The molecule has 0 atom stereocenters. The van der Waals surface area contributed by atoms with Gasteiger partial charge in [0.25, 0.3) is 0 Å². The van der Waals surface area contributed by atoms with E-state index in [1.54, 1.807) is 4.90 Å². The van der Waals surface area contributed by atoms with Gasteiger partial charge in [0.15, 0.2) is 5.13 Å². The summed E-state index contributed by atoms with van der Waals surface area (Å²) in [6.45, 7) is 6.90. The molecule has 0 radical (unpaired) electrons. The van der Waals surface area contributed by atoms with Gasteiger partial charge < -0.3 is 15.0 Å². The van der Waals surface area contributed by atoms with Crippen LogP contribution in [0.4, 0.5) is 5.13 Å². The van der Waals surface area contributed by atoms with E-state index in [0.717, 1.165) is 17.7 Å². The average molecular weight is 390 g/mol. The van der Waals surface area contributed by atoms with Gasteiger partial charge in [-0.15, -0.1) is 11.3 Å². The molecule has 2 aromatic rings. The Labute approximate surface area is 164 Å². The number of amides is 2. The number of thiazole rings is 1. The fraction of sp³-hybridized carbons (Fsp3) is 0.450. The van der Waals surface area contributed by atoms with Gasteiger partial charge in [0.2, 0.25) is 11.8 Å². The van der Waals surface area contributed by atoms with Crippen molar-refractivity contribution in [2.24, 2.45) is 5.92 Å². The van der Waals surface area contributed by atoms with E-state index in [1.807, 2.05) is 42.6 Å². The van der Waals surface area contributed by atoms with Crippen molar-refractivity contribution in [2.75, 3.05) is 25.0 Å². The first-order chi connectivity index (χ1) is 12.9. The van der Waals surface area contributed by atoms with Crippen LogP contribution in [0, 0.1) is 12.8 Å². The van der Waals surface area contributed by atoms with Gasteiger partial charge in [-0.1, -0.05) is 44.2 Å². The number of aryl methyl sites for hydroxylation is 1. The van der Waals surface area contributed by atoms with Crippen molar-refractivity contribution in [3.05, 3.63) is 47.0 Å². The van der Waals surface area contributed by atoms with Gasteiger partial charge in [0.05, 0.1) is 18.8 Å². The van der Waals surface area contributed by atoms with E-state index in [-0.39, 0.29) is 25.0 Å². The van der Waals surface area contributed by atoms with E-state index < -0.39 is 0 Å². The van der Waals surface area contributed by atoms with Crippen LogP contribution in [0.5, 0.6) is 0 Å². The molecule has 0 saturated heterocycles. The lowest BCUT2D eigenvalue weighted by molar-refractivity contribution is -0.139. The fourth-order valence-electron chi connectivity index (χ4n) is 2.37. The van der Waals surface area contributed by atoms with Gasteiger partial charge in [-0.05, 0) is 24.8 Å². The van der Waals surface area contributed by atoms with Crippen LogP contribution in [0.15, 0.2) is 35.7 Å². The summed E-state index contributed by atoms with van der Waals surface area (Å²) in [4.78, 5) is 30.6. The van der Waals surface area contributed by atoms with E-state index in [0.29, 0.717) is 24.2 Å². The SMILES string of the molecule is Cc1csc(NC(=O)CN(CCC(C)C)C(=O)COCc2ccccc2)n1. The first-order valence-corrected chi connectivity index (χ1v) is 9.93. The van der Waals surface area contributed by atoms with Gasteiger partial charge in [-0.25, -0.2) is 4.98 Å². The Hall–Kier alpha value is -2.25. The highest BCUT2D eigenvalue weighted by atomic mass is 32.1. The maximum atomic E-state index is 12.5. The third-order valence-corrected chi connectivity index (χ3v) is 4.74. The first-order valence-electron chi connectivity index (χ1n) is 9.05. The predicted octanol–water partition coefficient (Wildman–Crippen LogP) is 3.48. The summed E-state index contributed by atoms with van der Waals surface area (Å²) in [6, 6.07) is 9.69. The molecule has 2 amide bonds. The number of rotatable bonds is 10. The molecular formula is C20H27N3O3S. The molecule has 1 N–H and O–H groups in total. The van der Waals surface area contributed by atoms with E-state index in [2.05, 4.69) is 24.1 Å². The number of ether oxygens (including phenoxy) is 1. The van der Waals surface area contributed by atoms with E-state index in [1.165, 1.54) is 11.3 Å². The van der Waals surface area contributed by atoms with Gasteiger partial charge in [0, 0.05) is 11.9 Å². The second kappa shape index (κ2) is 10.8. The second-order valence-electron chi connectivity index (χ2n) is 6.82. The van der Waals surface area contributed by atoms with Gasteiger partial charge in [-0.3, -0.25) is 9.59 Å². The van der Waals surface area contributed by atoms with Crippen LogP contribution in [-0.2, 0) is 20.9 Å². The van der Waals surface area contributed by atoms with Crippen molar-refractivity contribution in [2.45, 2.75) is 33.8 Å². The highest BCUT2D eigenvalue weighted by molar-refractivity contribution is 7.13. The Bertz CT molecular complexity index is 731. The maximum Gasteiger partial charge on any atom is 0.249 e. The molecule has 1 aromatic heterocycles.